The number of nitrogens with one attached hydrogen (secondary N) is 1. The first kappa shape index (κ1) is 18.8. The summed E-state index contributed by atoms with van der Waals surface area (Å²) in [5, 5.41) is 2.36. The van der Waals surface area contributed by atoms with Gasteiger partial charge in [0.2, 0.25) is 5.91 Å². The van der Waals surface area contributed by atoms with Crippen molar-refractivity contribution in [3.05, 3.63) is 82.8 Å². The normalized spacial score (nSPS) is 10.3. The van der Waals surface area contributed by atoms with Crippen molar-refractivity contribution in [1.29, 1.82) is 0 Å². The molecule has 0 fully saturated rings. The van der Waals surface area contributed by atoms with E-state index in [0.29, 0.717) is 5.56 Å². The fraction of sp³-hybridized carbons (Fsp3) is 0.100. The Hall–Kier alpha value is -3.94. The Morgan fingerprint density at radius 2 is 1.68 bits per heavy atom. The molecule has 0 aliphatic carbocycles. The molecule has 1 aromatic heterocycles. The monoisotopic (exact) mass is 378 g/mol. The lowest BCUT2D eigenvalue weighted by molar-refractivity contribution is -0.118. The van der Waals surface area contributed by atoms with E-state index in [1.165, 1.54) is 6.20 Å². The van der Waals surface area contributed by atoms with Crippen LogP contribution in [0.1, 0.15) is 5.56 Å². The molecule has 0 spiro atoms. The number of amides is 2. The molecular formula is C20H18N4O4. The van der Waals surface area contributed by atoms with Gasteiger partial charge in [0.15, 0.2) is 0 Å². The van der Waals surface area contributed by atoms with E-state index in [1.807, 2.05) is 36.4 Å². The molecule has 3 N–H and O–H groups in total. The number of nitrogens with two attached hydrogens (primary N) is 1. The van der Waals surface area contributed by atoms with E-state index >= 15 is 0 Å². The zero-order valence-electron chi connectivity index (χ0n) is 14.9. The molecule has 0 saturated carbocycles. The molecule has 8 nitrogen and oxygen atoms in total. The number of aromatic nitrogens is 2. The van der Waals surface area contributed by atoms with E-state index in [1.54, 1.807) is 24.3 Å². The van der Waals surface area contributed by atoms with Gasteiger partial charge in [-0.3, -0.25) is 19.5 Å². The number of hydrogen-bond acceptors (Lipinski definition) is 5. The van der Waals surface area contributed by atoms with E-state index in [4.69, 9.17) is 10.5 Å². The van der Waals surface area contributed by atoms with Gasteiger partial charge >= 0.3 is 6.09 Å². The van der Waals surface area contributed by atoms with Crippen molar-refractivity contribution in [3.8, 4) is 11.4 Å². The number of benzene rings is 2. The van der Waals surface area contributed by atoms with Crippen LogP contribution in [-0.2, 0) is 22.7 Å². The third-order valence-electron chi connectivity index (χ3n) is 3.84. The highest BCUT2D eigenvalue weighted by atomic mass is 16.5. The Kier molecular flexibility index (Phi) is 5.81. The summed E-state index contributed by atoms with van der Waals surface area (Å²) < 4.78 is 6.22. The van der Waals surface area contributed by atoms with Crippen molar-refractivity contribution < 1.29 is 14.3 Å². The first-order valence-electron chi connectivity index (χ1n) is 8.46. The van der Waals surface area contributed by atoms with Crippen LogP contribution in [0.2, 0.25) is 0 Å². The summed E-state index contributed by atoms with van der Waals surface area (Å²) in [6, 6.07) is 18.0. The largest absolute Gasteiger partial charge is 0.444 e. The second-order valence-corrected chi connectivity index (χ2v) is 5.91. The smallest absolute Gasteiger partial charge is 0.412 e. The van der Waals surface area contributed by atoms with Gasteiger partial charge in [0.25, 0.3) is 5.56 Å². The quantitative estimate of drug-likeness (QED) is 0.682. The second-order valence-electron chi connectivity index (χ2n) is 5.91. The van der Waals surface area contributed by atoms with Gasteiger partial charge in [-0.1, -0.05) is 60.7 Å². The van der Waals surface area contributed by atoms with Crippen molar-refractivity contribution in [2.75, 3.05) is 5.32 Å². The minimum Gasteiger partial charge on any atom is -0.444 e. The average Bonchev–Trinajstić information content (AvgIpc) is 2.71. The highest BCUT2D eigenvalue weighted by Gasteiger charge is 2.16. The van der Waals surface area contributed by atoms with Gasteiger partial charge in [-0.05, 0) is 5.56 Å². The summed E-state index contributed by atoms with van der Waals surface area (Å²) in [6.45, 7) is -0.317. The Bertz CT molecular complexity index is 1030. The Labute approximate surface area is 160 Å². The summed E-state index contributed by atoms with van der Waals surface area (Å²) >= 11 is 0. The molecule has 28 heavy (non-hydrogen) atoms. The lowest BCUT2D eigenvalue weighted by Gasteiger charge is -2.13. The van der Waals surface area contributed by atoms with Gasteiger partial charge in [-0.15, -0.1) is 0 Å². The number of hydrogen-bond donors (Lipinski definition) is 2. The van der Waals surface area contributed by atoms with Crippen molar-refractivity contribution in [2.24, 2.45) is 5.73 Å². The van der Waals surface area contributed by atoms with Crippen LogP contribution in [0.5, 0.6) is 0 Å². The van der Waals surface area contributed by atoms with Crippen molar-refractivity contribution in [3.63, 3.8) is 0 Å². The molecule has 0 aliphatic heterocycles. The third kappa shape index (κ3) is 4.61. The molecule has 3 aromatic rings. The molecule has 2 aromatic carbocycles. The van der Waals surface area contributed by atoms with Crippen molar-refractivity contribution >= 4 is 17.7 Å². The number of anilines is 1. The maximum atomic E-state index is 12.8. The van der Waals surface area contributed by atoms with Gasteiger partial charge in [-0.2, -0.15) is 0 Å². The van der Waals surface area contributed by atoms with E-state index in [9.17, 15) is 14.4 Å². The maximum absolute atomic E-state index is 12.8. The minimum absolute atomic E-state index is 0.0533. The van der Waals surface area contributed by atoms with E-state index < -0.39 is 17.6 Å². The zero-order valence-corrected chi connectivity index (χ0v) is 14.9. The van der Waals surface area contributed by atoms with Gasteiger partial charge in [-0.25, -0.2) is 9.78 Å². The molecule has 0 aliphatic rings. The van der Waals surface area contributed by atoms with Gasteiger partial charge in [0, 0.05) is 5.56 Å². The fourth-order valence-corrected chi connectivity index (χ4v) is 2.57. The van der Waals surface area contributed by atoms with Gasteiger partial charge < -0.3 is 10.5 Å². The minimum atomic E-state index is -0.805. The molecule has 0 saturated heterocycles. The van der Waals surface area contributed by atoms with E-state index in [2.05, 4.69) is 10.3 Å². The molecule has 0 bridgehead atoms. The van der Waals surface area contributed by atoms with Gasteiger partial charge in [0.05, 0.1) is 6.20 Å². The summed E-state index contributed by atoms with van der Waals surface area (Å²) in [5.41, 5.74) is 5.99. The predicted molar refractivity (Wildman–Crippen MR) is 103 cm³/mol. The number of ether oxygens (including phenoxy) is 1. The molecule has 3 rings (SSSR count). The number of carbonyl (C=O) groups is 2. The zero-order chi connectivity index (χ0) is 19.9. The predicted octanol–water partition coefficient (Wildman–Crippen LogP) is 2.14. The molecule has 2 amide bonds. The number of primary amides is 1. The highest BCUT2D eigenvalue weighted by Crippen LogP contribution is 2.16. The first-order valence-corrected chi connectivity index (χ1v) is 8.46. The lowest BCUT2D eigenvalue weighted by atomic mass is 10.2. The van der Waals surface area contributed by atoms with Crippen LogP contribution in [0.25, 0.3) is 11.4 Å². The molecule has 0 unspecified atom stereocenters. The lowest BCUT2D eigenvalue weighted by Crippen LogP contribution is -2.32. The fourth-order valence-electron chi connectivity index (χ4n) is 2.57. The molecule has 1 heterocycles. The Balaban J connectivity index is 1.82. The molecule has 8 heteroatoms. The van der Waals surface area contributed by atoms with E-state index in [0.717, 1.165) is 10.1 Å². The number of rotatable bonds is 6. The highest BCUT2D eigenvalue weighted by molar-refractivity contribution is 5.84. The summed E-state index contributed by atoms with van der Waals surface area (Å²) in [5.74, 6) is -0.433. The van der Waals surface area contributed by atoms with Crippen molar-refractivity contribution in [1.82, 2.24) is 9.55 Å². The van der Waals surface area contributed by atoms with Crippen LogP contribution in [0.15, 0.2) is 71.7 Å². The van der Waals surface area contributed by atoms with Crippen LogP contribution in [0, 0.1) is 0 Å². The van der Waals surface area contributed by atoms with Crippen LogP contribution in [0.3, 0.4) is 0 Å². The topological polar surface area (TPSA) is 116 Å². The first-order chi connectivity index (χ1) is 13.5. The van der Waals surface area contributed by atoms with E-state index in [-0.39, 0.29) is 24.7 Å². The molecular weight excluding hydrogens is 360 g/mol. The summed E-state index contributed by atoms with van der Waals surface area (Å²) in [7, 11) is 0. The number of carbonyl (C=O) groups excluding carboxylic acids is 2. The van der Waals surface area contributed by atoms with Crippen LogP contribution >= 0.6 is 0 Å². The standard InChI is InChI=1S/C20H18N4O4/c21-17(25)12-24-18(15-9-5-2-6-10-15)22-11-16(19(24)26)23-20(27)28-13-14-7-3-1-4-8-14/h1-11H,12-13H2,(H2,21,25)(H,23,27). The van der Waals surface area contributed by atoms with Crippen LogP contribution in [-0.4, -0.2) is 21.6 Å². The number of nitrogens with zero attached hydrogens (tertiary/aromatic N) is 2. The molecule has 0 radical (unpaired) electrons. The summed E-state index contributed by atoms with van der Waals surface area (Å²) in [6.07, 6.45) is 0.423. The second kappa shape index (κ2) is 8.63. The molecule has 142 valence electrons. The maximum Gasteiger partial charge on any atom is 0.412 e. The van der Waals surface area contributed by atoms with Crippen LogP contribution < -0.4 is 16.6 Å². The van der Waals surface area contributed by atoms with Gasteiger partial charge in [0.1, 0.15) is 24.7 Å². The van der Waals surface area contributed by atoms with Crippen molar-refractivity contribution in [2.45, 2.75) is 13.2 Å². The Morgan fingerprint density at radius 1 is 1.04 bits per heavy atom. The summed E-state index contributed by atoms with van der Waals surface area (Å²) in [4.78, 5) is 40.4. The Morgan fingerprint density at radius 3 is 2.32 bits per heavy atom. The average molecular weight is 378 g/mol. The SMILES string of the molecule is NC(=O)Cn1c(-c2ccccc2)ncc(NC(=O)OCc2ccccc2)c1=O. The van der Waals surface area contributed by atoms with Crippen LogP contribution in [0.4, 0.5) is 10.5 Å². The molecule has 0 atom stereocenters. The third-order valence-corrected chi connectivity index (χ3v) is 3.84.